The molecular weight excluding hydrogens is 156 g/mol. The Hall–Kier alpha value is 0.290. The fourth-order valence-corrected chi connectivity index (χ4v) is 3.51. The topological polar surface area (TPSA) is 0 Å². The van der Waals surface area contributed by atoms with Crippen LogP contribution in [0.4, 0.5) is 0 Å². The van der Waals surface area contributed by atoms with E-state index in [0.29, 0.717) is 5.41 Å². The summed E-state index contributed by atoms with van der Waals surface area (Å²) in [5.74, 6) is 0.793. The first-order valence-corrected chi connectivity index (χ1v) is 4.88. The van der Waals surface area contributed by atoms with Crippen LogP contribution >= 0.6 is 11.6 Å². The van der Waals surface area contributed by atoms with Crippen molar-refractivity contribution in [2.45, 2.75) is 51.8 Å². The Labute approximate surface area is 75.3 Å². The first-order valence-electron chi connectivity index (χ1n) is 4.50. The molecule has 1 saturated carbocycles. The average molecular weight is 175 g/mol. The van der Waals surface area contributed by atoms with Crippen LogP contribution in [0.25, 0.3) is 0 Å². The van der Waals surface area contributed by atoms with Gasteiger partial charge in [-0.2, -0.15) is 0 Å². The Morgan fingerprint density at radius 1 is 1.18 bits per heavy atom. The molecule has 1 aliphatic rings. The summed E-state index contributed by atoms with van der Waals surface area (Å²) < 4.78 is 0. The summed E-state index contributed by atoms with van der Waals surface area (Å²) in [5.41, 5.74) is 0.453. The highest BCUT2D eigenvalue weighted by atomic mass is 35.5. The molecule has 1 rings (SSSR count). The van der Waals surface area contributed by atoms with Crippen molar-refractivity contribution in [3.8, 4) is 0 Å². The van der Waals surface area contributed by atoms with Crippen LogP contribution in [0.3, 0.4) is 0 Å². The molecule has 0 radical (unpaired) electrons. The summed E-state index contributed by atoms with van der Waals surface area (Å²) in [5, 5.41) is 0. The predicted molar refractivity (Wildman–Crippen MR) is 51.1 cm³/mol. The van der Waals surface area contributed by atoms with Crippen LogP contribution in [0.1, 0.15) is 47.0 Å². The van der Waals surface area contributed by atoms with Gasteiger partial charge >= 0.3 is 0 Å². The minimum Gasteiger partial charge on any atom is -0.120 e. The van der Waals surface area contributed by atoms with E-state index in [-0.39, 0.29) is 4.87 Å². The SMILES string of the molecule is CC1CC(C)(C)CC(C)(Cl)C1. The Balaban J connectivity index is 2.66. The number of halogens is 1. The molecule has 0 aromatic carbocycles. The lowest BCUT2D eigenvalue weighted by Crippen LogP contribution is -2.35. The quantitative estimate of drug-likeness (QED) is 0.490. The molecule has 0 bridgehead atoms. The monoisotopic (exact) mass is 174 g/mol. The van der Waals surface area contributed by atoms with Crippen LogP contribution in [-0.2, 0) is 0 Å². The zero-order valence-electron chi connectivity index (χ0n) is 8.08. The van der Waals surface area contributed by atoms with Gasteiger partial charge in [0, 0.05) is 4.87 Å². The lowest BCUT2D eigenvalue weighted by molar-refractivity contribution is 0.157. The van der Waals surface area contributed by atoms with Gasteiger partial charge in [0.25, 0.3) is 0 Å². The molecule has 0 N–H and O–H groups in total. The van der Waals surface area contributed by atoms with Gasteiger partial charge in [-0.3, -0.25) is 0 Å². The maximum atomic E-state index is 6.35. The minimum absolute atomic E-state index is 0.0567. The van der Waals surface area contributed by atoms with Crippen molar-refractivity contribution in [2.24, 2.45) is 11.3 Å². The summed E-state index contributed by atoms with van der Waals surface area (Å²) in [4.78, 5) is 0.0567. The highest BCUT2D eigenvalue weighted by molar-refractivity contribution is 6.23. The molecule has 1 aliphatic carbocycles. The molecule has 2 unspecified atom stereocenters. The van der Waals surface area contributed by atoms with Crippen LogP contribution in [0.5, 0.6) is 0 Å². The van der Waals surface area contributed by atoms with Crippen molar-refractivity contribution in [1.82, 2.24) is 0 Å². The Kier molecular flexibility index (Phi) is 2.26. The lowest BCUT2D eigenvalue weighted by atomic mass is 9.68. The van der Waals surface area contributed by atoms with Gasteiger partial charge in [-0.25, -0.2) is 0 Å². The molecular formula is C10H19Cl. The molecule has 1 fully saturated rings. The molecule has 0 spiro atoms. The first-order chi connectivity index (χ1) is 4.81. The predicted octanol–water partition coefficient (Wildman–Crippen LogP) is 3.83. The number of alkyl halides is 1. The molecule has 0 aliphatic heterocycles. The van der Waals surface area contributed by atoms with Crippen molar-refractivity contribution < 1.29 is 0 Å². The van der Waals surface area contributed by atoms with Gasteiger partial charge in [-0.15, -0.1) is 11.6 Å². The fraction of sp³-hybridized carbons (Fsp3) is 1.00. The van der Waals surface area contributed by atoms with Gasteiger partial charge in [0.1, 0.15) is 0 Å². The standard InChI is InChI=1S/C10H19Cl/c1-8-5-9(2,3)7-10(4,11)6-8/h8H,5-7H2,1-4H3. The van der Waals surface area contributed by atoms with Gasteiger partial charge in [0.05, 0.1) is 0 Å². The van der Waals surface area contributed by atoms with Crippen molar-refractivity contribution in [2.75, 3.05) is 0 Å². The van der Waals surface area contributed by atoms with Crippen molar-refractivity contribution in [3.05, 3.63) is 0 Å². The molecule has 0 heterocycles. The maximum Gasteiger partial charge on any atom is 0.0426 e. The van der Waals surface area contributed by atoms with Gasteiger partial charge < -0.3 is 0 Å². The normalized spacial score (nSPS) is 43.9. The third-order valence-corrected chi connectivity index (χ3v) is 2.81. The van der Waals surface area contributed by atoms with Gasteiger partial charge in [-0.05, 0) is 37.5 Å². The van der Waals surface area contributed by atoms with Crippen molar-refractivity contribution >= 4 is 11.6 Å². The van der Waals surface area contributed by atoms with Crippen LogP contribution in [0.15, 0.2) is 0 Å². The zero-order valence-corrected chi connectivity index (χ0v) is 8.83. The van der Waals surface area contributed by atoms with Crippen LogP contribution in [-0.4, -0.2) is 4.87 Å². The van der Waals surface area contributed by atoms with Crippen LogP contribution < -0.4 is 0 Å². The maximum absolute atomic E-state index is 6.35. The van der Waals surface area contributed by atoms with Crippen molar-refractivity contribution in [3.63, 3.8) is 0 Å². The van der Waals surface area contributed by atoms with E-state index in [9.17, 15) is 0 Å². The molecule has 2 atom stereocenters. The molecule has 0 nitrogen and oxygen atoms in total. The third kappa shape index (κ3) is 2.66. The Morgan fingerprint density at radius 2 is 1.73 bits per heavy atom. The molecule has 1 heteroatoms. The van der Waals surface area contributed by atoms with E-state index in [0.717, 1.165) is 12.3 Å². The van der Waals surface area contributed by atoms with Crippen LogP contribution in [0, 0.1) is 11.3 Å². The number of hydrogen-bond donors (Lipinski definition) is 0. The summed E-state index contributed by atoms with van der Waals surface area (Å²) in [6, 6.07) is 0. The second-order valence-corrected chi connectivity index (χ2v) is 6.18. The highest BCUT2D eigenvalue weighted by Crippen LogP contribution is 2.46. The summed E-state index contributed by atoms with van der Waals surface area (Å²) in [6.07, 6.45) is 3.67. The van der Waals surface area contributed by atoms with Gasteiger partial charge in [0.15, 0.2) is 0 Å². The van der Waals surface area contributed by atoms with E-state index in [1.807, 2.05) is 0 Å². The molecule has 0 aromatic rings. The summed E-state index contributed by atoms with van der Waals surface area (Å²) >= 11 is 6.35. The average Bonchev–Trinajstić information content (AvgIpc) is 1.49. The van der Waals surface area contributed by atoms with E-state index in [4.69, 9.17) is 11.6 Å². The molecule has 0 saturated heterocycles. The lowest BCUT2D eigenvalue weighted by Gasteiger charge is -2.42. The van der Waals surface area contributed by atoms with E-state index >= 15 is 0 Å². The van der Waals surface area contributed by atoms with E-state index in [1.54, 1.807) is 0 Å². The first kappa shape index (κ1) is 9.38. The summed E-state index contributed by atoms with van der Waals surface area (Å²) in [7, 11) is 0. The third-order valence-electron chi connectivity index (χ3n) is 2.52. The second kappa shape index (κ2) is 2.65. The van der Waals surface area contributed by atoms with E-state index < -0.39 is 0 Å². The molecule has 0 amide bonds. The minimum atomic E-state index is 0.0567. The fourth-order valence-electron chi connectivity index (χ4n) is 2.88. The Morgan fingerprint density at radius 3 is 2.09 bits per heavy atom. The number of rotatable bonds is 0. The zero-order chi connectivity index (χ0) is 8.70. The summed E-state index contributed by atoms with van der Waals surface area (Å²) in [6.45, 7) is 9.13. The van der Waals surface area contributed by atoms with E-state index in [2.05, 4.69) is 27.7 Å². The van der Waals surface area contributed by atoms with Crippen molar-refractivity contribution in [1.29, 1.82) is 0 Å². The number of hydrogen-bond acceptors (Lipinski definition) is 0. The van der Waals surface area contributed by atoms with E-state index in [1.165, 1.54) is 12.8 Å². The van der Waals surface area contributed by atoms with Gasteiger partial charge in [-0.1, -0.05) is 20.8 Å². The largest absolute Gasteiger partial charge is 0.120 e. The molecule has 0 aromatic heterocycles. The smallest absolute Gasteiger partial charge is 0.0426 e. The molecule has 11 heavy (non-hydrogen) atoms. The highest BCUT2D eigenvalue weighted by Gasteiger charge is 2.38. The molecule has 66 valence electrons. The van der Waals surface area contributed by atoms with Crippen LogP contribution in [0.2, 0.25) is 0 Å². The second-order valence-electron chi connectivity index (χ2n) is 5.27. The van der Waals surface area contributed by atoms with Gasteiger partial charge in [0.2, 0.25) is 0 Å². The Bertz CT molecular complexity index is 131.